The largest absolute Gasteiger partial charge is 0.374 e. The third-order valence-electron chi connectivity index (χ3n) is 4.42. The fourth-order valence-corrected chi connectivity index (χ4v) is 5.32. The van der Waals surface area contributed by atoms with Crippen LogP contribution in [0.1, 0.15) is 24.8 Å². The summed E-state index contributed by atoms with van der Waals surface area (Å²) >= 11 is 3.63. The van der Waals surface area contributed by atoms with Gasteiger partial charge in [-0.25, -0.2) is 0 Å². The second kappa shape index (κ2) is 6.76. The second-order valence-corrected chi connectivity index (χ2v) is 8.25. The Bertz CT molecular complexity index is 492. The predicted octanol–water partition coefficient (Wildman–Crippen LogP) is 3.96. The van der Waals surface area contributed by atoms with E-state index >= 15 is 0 Å². The van der Waals surface area contributed by atoms with Gasteiger partial charge in [-0.2, -0.15) is 11.8 Å². The molecule has 0 bridgehead atoms. The first kappa shape index (κ1) is 15.4. The van der Waals surface area contributed by atoms with Crippen molar-refractivity contribution in [2.45, 2.75) is 36.7 Å². The Balaban J connectivity index is 1.54. The molecule has 3 rings (SSSR count). The van der Waals surface area contributed by atoms with Crippen molar-refractivity contribution < 1.29 is 9.53 Å². The summed E-state index contributed by atoms with van der Waals surface area (Å²) in [5, 5.41) is 0. The lowest BCUT2D eigenvalue weighted by Crippen LogP contribution is -2.42. The van der Waals surface area contributed by atoms with E-state index in [0.29, 0.717) is 11.5 Å². The molecule has 114 valence electrons. The standard InChI is InChI=1S/C17H22O2S2/c1-13-2-4-15(5-3-13)21-11-16(18)14-6-8-19-17(10-14)7-9-20-12-17/h2-5,14H,6-12H2,1H3. The summed E-state index contributed by atoms with van der Waals surface area (Å²) in [5.41, 5.74) is 1.27. The maximum Gasteiger partial charge on any atom is 0.146 e. The van der Waals surface area contributed by atoms with E-state index in [2.05, 4.69) is 31.2 Å². The van der Waals surface area contributed by atoms with E-state index in [1.54, 1.807) is 11.8 Å². The van der Waals surface area contributed by atoms with Gasteiger partial charge in [0.2, 0.25) is 0 Å². The van der Waals surface area contributed by atoms with Crippen molar-refractivity contribution in [1.29, 1.82) is 0 Å². The topological polar surface area (TPSA) is 26.3 Å². The molecule has 0 N–H and O–H groups in total. The monoisotopic (exact) mass is 322 g/mol. The van der Waals surface area contributed by atoms with Crippen molar-refractivity contribution >= 4 is 29.3 Å². The van der Waals surface area contributed by atoms with Crippen molar-refractivity contribution in [2.24, 2.45) is 5.92 Å². The summed E-state index contributed by atoms with van der Waals surface area (Å²) in [7, 11) is 0. The summed E-state index contributed by atoms with van der Waals surface area (Å²) in [6, 6.07) is 8.41. The number of carbonyl (C=O) groups excluding carboxylic acids is 1. The summed E-state index contributed by atoms with van der Waals surface area (Å²) in [6.07, 6.45) is 2.96. The molecule has 2 fully saturated rings. The van der Waals surface area contributed by atoms with Crippen LogP contribution in [0.4, 0.5) is 0 Å². The van der Waals surface area contributed by atoms with E-state index < -0.39 is 0 Å². The van der Waals surface area contributed by atoms with E-state index in [4.69, 9.17) is 4.74 Å². The number of hydrogen-bond acceptors (Lipinski definition) is 4. The van der Waals surface area contributed by atoms with Gasteiger partial charge < -0.3 is 4.74 Å². The van der Waals surface area contributed by atoms with Gasteiger partial charge in [0.1, 0.15) is 5.78 Å². The maximum atomic E-state index is 12.5. The van der Waals surface area contributed by atoms with E-state index in [1.807, 2.05) is 11.8 Å². The highest BCUT2D eigenvalue weighted by Crippen LogP contribution is 2.41. The van der Waals surface area contributed by atoms with Gasteiger partial charge in [-0.15, -0.1) is 11.8 Å². The molecule has 0 radical (unpaired) electrons. The number of thioether (sulfide) groups is 2. The molecule has 0 saturated carbocycles. The zero-order valence-corrected chi connectivity index (χ0v) is 14.1. The van der Waals surface area contributed by atoms with Crippen LogP contribution in [-0.2, 0) is 9.53 Å². The molecule has 2 unspecified atom stereocenters. The summed E-state index contributed by atoms with van der Waals surface area (Å²) in [6.45, 7) is 2.84. The van der Waals surface area contributed by atoms with Gasteiger partial charge in [-0.05, 0) is 44.1 Å². The maximum absolute atomic E-state index is 12.5. The van der Waals surface area contributed by atoms with Crippen LogP contribution >= 0.6 is 23.5 Å². The minimum absolute atomic E-state index is 0.0117. The first-order valence-electron chi connectivity index (χ1n) is 7.61. The van der Waals surface area contributed by atoms with Crippen LogP contribution in [-0.4, -0.2) is 35.2 Å². The second-order valence-electron chi connectivity index (χ2n) is 6.09. The molecule has 1 spiro atoms. The molecule has 0 aliphatic carbocycles. The molecule has 2 saturated heterocycles. The lowest BCUT2D eigenvalue weighted by Gasteiger charge is -2.37. The number of carbonyl (C=O) groups is 1. The number of rotatable bonds is 4. The molecule has 2 aliphatic heterocycles. The van der Waals surface area contributed by atoms with Gasteiger partial charge in [0.15, 0.2) is 0 Å². The van der Waals surface area contributed by atoms with Gasteiger partial charge in [0, 0.05) is 23.2 Å². The molecule has 1 aromatic carbocycles. The van der Waals surface area contributed by atoms with Crippen LogP contribution in [0.15, 0.2) is 29.2 Å². The summed E-state index contributed by atoms with van der Waals surface area (Å²) < 4.78 is 6.00. The number of ether oxygens (including phenoxy) is 1. The Morgan fingerprint density at radius 1 is 1.43 bits per heavy atom. The number of hydrogen-bond donors (Lipinski definition) is 0. The zero-order chi connectivity index (χ0) is 14.7. The van der Waals surface area contributed by atoms with Crippen molar-refractivity contribution in [2.75, 3.05) is 23.9 Å². The van der Waals surface area contributed by atoms with E-state index in [1.165, 1.54) is 16.2 Å². The van der Waals surface area contributed by atoms with Crippen LogP contribution in [0, 0.1) is 12.8 Å². The Morgan fingerprint density at radius 3 is 2.95 bits per heavy atom. The van der Waals surface area contributed by atoms with Gasteiger partial charge >= 0.3 is 0 Å². The van der Waals surface area contributed by atoms with Crippen LogP contribution < -0.4 is 0 Å². The smallest absolute Gasteiger partial charge is 0.146 e. The summed E-state index contributed by atoms with van der Waals surface area (Å²) in [5.74, 6) is 3.45. The minimum Gasteiger partial charge on any atom is -0.374 e. The Morgan fingerprint density at radius 2 is 2.24 bits per heavy atom. The molecule has 2 nitrogen and oxygen atoms in total. The molecular formula is C17H22O2S2. The molecule has 21 heavy (non-hydrogen) atoms. The zero-order valence-electron chi connectivity index (χ0n) is 12.5. The number of Topliss-reactive ketones (excluding diaryl/α,β-unsaturated/α-hetero) is 1. The van der Waals surface area contributed by atoms with Crippen LogP contribution in [0.2, 0.25) is 0 Å². The van der Waals surface area contributed by atoms with Crippen LogP contribution in [0.25, 0.3) is 0 Å². The van der Waals surface area contributed by atoms with E-state index in [-0.39, 0.29) is 11.5 Å². The fourth-order valence-electron chi connectivity index (χ4n) is 3.07. The lowest BCUT2D eigenvalue weighted by atomic mass is 9.83. The molecular weight excluding hydrogens is 300 g/mol. The highest BCUT2D eigenvalue weighted by Gasteiger charge is 2.42. The number of benzene rings is 1. The van der Waals surface area contributed by atoms with Gasteiger partial charge in [0.25, 0.3) is 0 Å². The Labute approximate surface area is 135 Å². The highest BCUT2D eigenvalue weighted by molar-refractivity contribution is 8.00. The molecule has 2 heterocycles. The average Bonchev–Trinajstić information content (AvgIpc) is 2.94. The first-order chi connectivity index (χ1) is 10.2. The van der Waals surface area contributed by atoms with Gasteiger partial charge in [-0.3, -0.25) is 4.79 Å². The van der Waals surface area contributed by atoms with Crippen LogP contribution in [0.5, 0.6) is 0 Å². The van der Waals surface area contributed by atoms with Crippen molar-refractivity contribution in [3.63, 3.8) is 0 Å². The lowest BCUT2D eigenvalue weighted by molar-refractivity contribution is -0.131. The fraction of sp³-hybridized carbons (Fsp3) is 0.588. The quantitative estimate of drug-likeness (QED) is 0.784. The summed E-state index contributed by atoms with van der Waals surface area (Å²) in [4.78, 5) is 13.7. The highest BCUT2D eigenvalue weighted by atomic mass is 32.2. The predicted molar refractivity (Wildman–Crippen MR) is 90.3 cm³/mol. The molecule has 0 amide bonds. The number of ketones is 1. The SMILES string of the molecule is Cc1ccc(SCC(=O)C2CCOC3(CCSC3)C2)cc1. The first-order valence-corrected chi connectivity index (χ1v) is 9.75. The molecule has 0 aromatic heterocycles. The molecule has 2 aliphatic rings. The molecule has 4 heteroatoms. The minimum atomic E-state index is 0.0117. The third-order valence-corrected chi connectivity index (χ3v) is 6.67. The van der Waals surface area contributed by atoms with Gasteiger partial charge in [0.05, 0.1) is 11.4 Å². The normalized spacial score (nSPS) is 28.9. The van der Waals surface area contributed by atoms with Crippen molar-refractivity contribution in [3.05, 3.63) is 29.8 Å². The molecule has 1 aromatic rings. The van der Waals surface area contributed by atoms with Crippen molar-refractivity contribution in [3.8, 4) is 0 Å². The van der Waals surface area contributed by atoms with Crippen molar-refractivity contribution in [1.82, 2.24) is 0 Å². The Hall–Kier alpha value is -0.450. The number of aryl methyl sites for hydroxylation is 1. The Kier molecular flexibility index (Phi) is 4.97. The molecule has 2 atom stereocenters. The van der Waals surface area contributed by atoms with Crippen LogP contribution in [0.3, 0.4) is 0 Å². The third kappa shape index (κ3) is 3.85. The average molecular weight is 322 g/mol. The van der Waals surface area contributed by atoms with E-state index in [0.717, 1.165) is 31.6 Å². The van der Waals surface area contributed by atoms with E-state index in [9.17, 15) is 4.79 Å². The van der Waals surface area contributed by atoms with Gasteiger partial charge in [-0.1, -0.05) is 17.7 Å².